The summed E-state index contributed by atoms with van der Waals surface area (Å²) >= 11 is 1.86. The quantitative estimate of drug-likeness (QED) is 0.817. The maximum absolute atomic E-state index is 6.05. The molecule has 0 radical (unpaired) electrons. The van der Waals surface area contributed by atoms with E-state index in [9.17, 15) is 0 Å². The number of nitrogens with two attached hydrogens (primary N) is 1. The molecule has 3 atom stereocenters. The number of aryl methyl sites for hydroxylation is 1. The van der Waals surface area contributed by atoms with E-state index in [-0.39, 0.29) is 0 Å². The van der Waals surface area contributed by atoms with Gasteiger partial charge in [-0.2, -0.15) is 0 Å². The zero-order valence-corrected chi connectivity index (χ0v) is 10.5. The van der Waals surface area contributed by atoms with E-state index in [1.165, 1.54) is 36.1 Å². The predicted molar refractivity (Wildman–Crippen MR) is 67.2 cm³/mol. The van der Waals surface area contributed by atoms with Crippen LogP contribution in [0, 0.1) is 18.8 Å². The molecule has 0 aliphatic heterocycles. The summed E-state index contributed by atoms with van der Waals surface area (Å²) in [5.41, 5.74) is 7.57. The van der Waals surface area contributed by atoms with Crippen molar-refractivity contribution >= 4 is 11.3 Å². The highest BCUT2D eigenvalue weighted by Gasteiger charge is 2.25. The van der Waals surface area contributed by atoms with Crippen molar-refractivity contribution in [3.05, 3.63) is 21.9 Å². The van der Waals surface area contributed by atoms with Gasteiger partial charge in [-0.3, -0.25) is 0 Å². The summed E-state index contributed by atoms with van der Waals surface area (Å²) < 4.78 is 0. The normalized spacial score (nSPS) is 31.8. The Bertz CT molecular complexity index is 318. The summed E-state index contributed by atoms with van der Waals surface area (Å²) in [7, 11) is 0. The van der Waals surface area contributed by atoms with Gasteiger partial charge in [-0.15, -0.1) is 11.3 Å². The number of hydrogen-bond acceptors (Lipinski definition) is 2. The van der Waals surface area contributed by atoms with Crippen LogP contribution in [-0.4, -0.2) is 6.04 Å². The fourth-order valence-electron chi connectivity index (χ4n) is 2.64. The minimum Gasteiger partial charge on any atom is -0.328 e. The molecule has 0 aromatic carbocycles. The van der Waals surface area contributed by atoms with Crippen molar-refractivity contribution < 1.29 is 0 Å². The Morgan fingerprint density at radius 1 is 1.47 bits per heavy atom. The van der Waals surface area contributed by atoms with Crippen molar-refractivity contribution in [2.24, 2.45) is 17.6 Å². The van der Waals surface area contributed by atoms with Crippen LogP contribution in [0.15, 0.2) is 11.4 Å². The Balaban J connectivity index is 1.98. The molecule has 0 spiro atoms. The SMILES string of the molecule is Cc1cc(CC2CC(N)CCC2C)cs1. The summed E-state index contributed by atoms with van der Waals surface area (Å²) in [5.74, 6) is 1.66. The molecule has 15 heavy (non-hydrogen) atoms. The molecular weight excluding hydrogens is 202 g/mol. The van der Waals surface area contributed by atoms with Gasteiger partial charge >= 0.3 is 0 Å². The molecule has 2 rings (SSSR count). The van der Waals surface area contributed by atoms with Crippen LogP contribution in [0.4, 0.5) is 0 Å². The monoisotopic (exact) mass is 223 g/mol. The summed E-state index contributed by atoms with van der Waals surface area (Å²) in [6.07, 6.45) is 4.99. The lowest BCUT2D eigenvalue weighted by Gasteiger charge is -2.32. The zero-order valence-electron chi connectivity index (χ0n) is 9.70. The minimum absolute atomic E-state index is 0.450. The van der Waals surface area contributed by atoms with E-state index in [1.54, 1.807) is 0 Å². The topological polar surface area (TPSA) is 26.0 Å². The van der Waals surface area contributed by atoms with Gasteiger partial charge in [0.15, 0.2) is 0 Å². The molecule has 1 aromatic heterocycles. The van der Waals surface area contributed by atoms with Crippen LogP contribution < -0.4 is 5.73 Å². The molecule has 1 heterocycles. The maximum Gasteiger partial charge on any atom is 0.00417 e. The smallest absolute Gasteiger partial charge is 0.00417 e. The standard InChI is InChI=1S/C13H21NS/c1-9-3-4-13(14)7-12(9)6-11-5-10(2)15-8-11/h5,8-9,12-13H,3-4,6-7,14H2,1-2H3. The van der Waals surface area contributed by atoms with Gasteiger partial charge in [-0.1, -0.05) is 6.92 Å². The van der Waals surface area contributed by atoms with Gasteiger partial charge < -0.3 is 5.73 Å². The number of hydrogen-bond donors (Lipinski definition) is 1. The second-order valence-corrected chi connectivity index (χ2v) is 6.20. The summed E-state index contributed by atoms with van der Waals surface area (Å²) in [6, 6.07) is 2.78. The molecule has 0 amide bonds. The molecule has 2 heteroatoms. The average molecular weight is 223 g/mol. The molecule has 0 bridgehead atoms. The maximum atomic E-state index is 6.05. The highest BCUT2D eigenvalue weighted by Crippen LogP contribution is 2.32. The molecule has 3 unspecified atom stereocenters. The lowest BCUT2D eigenvalue weighted by Crippen LogP contribution is -2.33. The molecular formula is C13H21NS. The van der Waals surface area contributed by atoms with E-state index in [4.69, 9.17) is 5.73 Å². The Morgan fingerprint density at radius 3 is 2.93 bits per heavy atom. The van der Waals surface area contributed by atoms with E-state index >= 15 is 0 Å². The Morgan fingerprint density at radius 2 is 2.27 bits per heavy atom. The number of thiophene rings is 1. The molecule has 1 aromatic rings. The van der Waals surface area contributed by atoms with Gasteiger partial charge in [-0.05, 0) is 61.5 Å². The summed E-state index contributed by atoms with van der Waals surface area (Å²) in [4.78, 5) is 1.43. The molecule has 84 valence electrons. The Kier molecular flexibility index (Phi) is 3.47. The van der Waals surface area contributed by atoms with Crippen molar-refractivity contribution in [3.8, 4) is 0 Å². The van der Waals surface area contributed by atoms with Crippen LogP contribution in [0.5, 0.6) is 0 Å². The molecule has 1 aliphatic carbocycles. The van der Waals surface area contributed by atoms with Gasteiger partial charge in [0, 0.05) is 10.9 Å². The van der Waals surface area contributed by atoms with Crippen LogP contribution in [-0.2, 0) is 6.42 Å². The molecule has 2 N–H and O–H groups in total. The molecule has 1 saturated carbocycles. The van der Waals surface area contributed by atoms with Crippen molar-refractivity contribution in [3.63, 3.8) is 0 Å². The van der Waals surface area contributed by atoms with Crippen LogP contribution in [0.3, 0.4) is 0 Å². The van der Waals surface area contributed by atoms with Crippen LogP contribution in [0.2, 0.25) is 0 Å². The zero-order chi connectivity index (χ0) is 10.8. The van der Waals surface area contributed by atoms with Gasteiger partial charge in [-0.25, -0.2) is 0 Å². The summed E-state index contributed by atoms with van der Waals surface area (Å²) in [5, 5.41) is 2.31. The third-order valence-electron chi connectivity index (χ3n) is 3.69. The van der Waals surface area contributed by atoms with Gasteiger partial charge in [0.25, 0.3) is 0 Å². The largest absolute Gasteiger partial charge is 0.328 e. The van der Waals surface area contributed by atoms with Crippen LogP contribution in [0.25, 0.3) is 0 Å². The summed E-state index contributed by atoms with van der Waals surface area (Å²) in [6.45, 7) is 4.57. The minimum atomic E-state index is 0.450. The third-order valence-corrected chi connectivity index (χ3v) is 4.60. The second kappa shape index (κ2) is 4.67. The highest BCUT2D eigenvalue weighted by atomic mass is 32.1. The Hall–Kier alpha value is -0.340. The first kappa shape index (κ1) is 11.2. The van der Waals surface area contributed by atoms with E-state index in [0.717, 1.165) is 11.8 Å². The first-order chi connectivity index (χ1) is 7.15. The molecule has 0 saturated heterocycles. The fraction of sp³-hybridized carbons (Fsp3) is 0.692. The van der Waals surface area contributed by atoms with Crippen LogP contribution in [0.1, 0.15) is 36.6 Å². The molecule has 1 aliphatic rings. The molecule has 1 fully saturated rings. The third kappa shape index (κ3) is 2.82. The Labute approximate surface area is 96.7 Å². The molecule has 1 nitrogen and oxygen atoms in total. The highest BCUT2D eigenvalue weighted by molar-refractivity contribution is 7.10. The van der Waals surface area contributed by atoms with Crippen LogP contribution >= 0.6 is 11.3 Å². The average Bonchev–Trinajstić information content (AvgIpc) is 2.58. The van der Waals surface area contributed by atoms with E-state index in [0.29, 0.717) is 6.04 Å². The van der Waals surface area contributed by atoms with Crippen molar-refractivity contribution in [2.75, 3.05) is 0 Å². The lowest BCUT2D eigenvalue weighted by atomic mass is 9.75. The van der Waals surface area contributed by atoms with Gasteiger partial charge in [0.1, 0.15) is 0 Å². The van der Waals surface area contributed by atoms with E-state index in [1.807, 2.05) is 11.3 Å². The van der Waals surface area contributed by atoms with Crippen molar-refractivity contribution in [1.29, 1.82) is 0 Å². The fourth-order valence-corrected chi connectivity index (χ4v) is 3.36. The first-order valence-corrected chi connectivity index (χ1v) is 6.82. The second-order valence-electron chi connectivity index (χ2n) is 5.08. The van der Waals surface area contributed by atoms with Gasteiger partial charge in [0.2, 0.25) is 0 Å². The van der Waals surface area contributed by atoms with Crippen molar-refractivity contribution in [1.82, 2.24) is 0 Å². The first-order valence-electron chi connectivity index (χ1n) is 5.94. The predicted octanol–water partition coefficient (Wildman–Crippen LogP) is 3.36. The van der Waals surface area contributed by atoms with E-state index in [2.05, 4.69) is 25.3 Å². The van der Waals surface area contributed by atoms with Crippen molar-refractivity contribution in [2.45, 2.75) is 45.6 Å². The van der Waals surface area contributed by atoms with E-state index < -0.39 is 0 Å². The lowest BCUT2D eigenvalue weighted by molar-refractivity contribution is 0.231. The van der Waals surface area contributed by atoms with Gasteiger partial charge in [0.05, 0.1) is 0 Å². The number of rotatable bonds is 2.